The van der Waals surface area contributed by atoms with Crippen LogP contribution in [0.1, 0.15) is 38.5 Å². The van der Waals surface area contributed by atoms with Gasteiger partial charge < -0.3 is 0 Å². The molecule has 1 saturated carbocycles. The molecule has 2 amide bonds. The highest BCUT2D eigenvalue weighted by atomic mass is 79.9. The zero-order chi connectivity index (χ0) is 14.3. The predicted molar refractivity (Wildman–Crippen MR) is 81.8 cm³/mol. The minimum atomic E-state index is -0.471. The molecule has 0 unspecified atom stereocenters. The van der Waals surface area contributed by atoms with Gasteiger partial charge in [-0.1, -0.05) is 46.8 Å². The monoisotopic (exact) mass is 355 g/mol. The second-order valence-corrected chi connectivity index (χ2v) is 6.97. The van der Waals surface area contributed by atoms with Crippen LogP contribution in [0.15, 0.2) is 22.7 Å². The Kier molecular flexibility index (Phi) is 3.63. The first-order valence-corrected chi connectivity index (χ1v) is 8.03. The lowest BCUT2D eigenvalue weighted by Gasteiger charge is -2.30. The van der Waals surface area contributed by atoms with Crippen LogP contribution in [0, 0.1) is 5.41 Å². The van der Waals surface area contributed by atoms with E-state index in [1.807, 2.05) is 0 Å². The Morgan fingerprint density at radius 3 is 2.55 bits per heavy atom. The van der Waals surface area contributed by atoms with Crippen molar-refractivity contribution >= 4 is 45.0 Å². The lowest BCUT2D eigenvalue weighted by Crippen LogP contribution is -2.37. The minimum Gasteiger partial charge on any atom is -0.274 e. The molecule has 106 valence electrons. The van der Waals surface area contributed by atoms with E-state index in [1.165, 1.54) is 4.90 Å². The Morgan fingerprint density at radius 1 is 1.15 bits per heavy atom. The summed E-state index contributed by atoms with van der Waals surface area (Å²) in [6.07, 6.45) is 5.17. The quantitative estimate of drug-likeness (QED) is 0.703. The highest BCUT2D eigenvalue weighted by Gasteiger charge is 2.52. The molecule has 0 bridgehead atoms. The number of imide groups is 1. The summed E-state index contributed by atoms with van der Waals surface area (Å²) in [5, 5.41) is 0.433. The number of carbonyl (C=O) groups is 2. The molecule has 1 aromatic carbocycles. The van der Waals surface area contributed by atoms with Crippen molar-refractivity contribution in [2.45, 2.75) is 38.5 Å². The normalized spacial score (nSPS) is 21.8. The summed E-state index contributed by atoms with van der Waals surface area (Å²) >= 11 is 9.53. The summed E-state index contributed by atoms with van der Waals surface area (Å²) in [5.74, 6) is -0.195. The second kappa shape index (κ2) is 5.15. The van der Waals surface area contributed by atoms with Crippen LogP contribution in [0.5, 0.6) is 0 Å². The topological polar surface area (TPSA) is 37.4 Å². The van der Waals surface area contributed by atoms with E-state index in [0.717, 1.165) is 36.6 Å². The zero-order valence-electron chi connectivity index (χ0n) is 11.0. The SMILES string of the molecule is O=C1CC2(CCCCC2)C(=O)N1c1cc(Br)ccc1Cl. The lowest BCUT2D eigenvalue weighted by molar-refractivity contribution is -0.127. The van der Waals surface area contributed by atoms with Gasteiger partial charge >= 0.3 is 0 Å². The number of benzene rings is 1. The summed E-state index contributed by atoms with van der Waals surface area (Å²) in [6.45, 7) is 0. The average Bonchev–Trinajstić information content (AvgIpc) is 2.65. The number of hydrogen-bond acceptors (Lipinski definition) is 2. The number of rotatable bonds is 1. The first-order chi connectivity index (χ1) is 9.53. The van der Waals surface area contributed by atoms with Crippen LogP contribution in [0.2, 0.25) is 5.02 Å². The summed E-state index contributed by atoms with van der Waals surface area (Å²) in [5.41, 5.74) is 0.0274. The van der Waals surface area contributed by atoms with Crippen LogP contribution in [-0.2, 0) is 9.59 Å². The molecule has 0 radical (unpaired) electrons. The van der Waals surface area contributed by atoms with Crippen molar-refractivity contribution in [1.82, 2.24) is 0 Å². The van der Waals surface area contributed by atoms with Gasteiger partial charge in [0.1, 0.15) is 0 Å². The van der Waals surface area contributed by atoms with Gasteiger partial charge in [0.2, 0.25) is 11.8 Å². The Labute approximate surface area is 131 Å². The molecule has 3 rings (SSSR count). The van der Waals surface area contributed by atoms with E-state index in [1.54, 1.807) is 18.2 Å². The summed E-state index contributed by atoms with van der Waals surface area (Å²) in [6, 6.07) is 5.24. The maximum atomic E-state index is 12.8. The van der Waals surface area contributed by atoms with Gasteiger partial charge in [0.05, 0.1) is 16.1 Å². The van der Waals surface area contributed by atoms with Gasteiger partial charge in [-0.3, -0.25) is 9.59 Å². The van der Waals surface area contributed by atoms with Gasteiger partial charge in [0.25, 0.3) is 0 Å². The molecular weight excluding hydrogens is 342 g/mol. The fraction of sp³-hybridized carbons (Fsp3) is 0.467. The molecule has 0 N–H and O–H groups in total. The maximum absolute atomic E-state index is 12.8. The minimum absolute atomic E-state index is 0.0674. The first kappa shape index (κ1) is 14.1. The number of hydrogen-bond donors (Lipinski definition) is 0. The van der Waals surface area contributed by atoms with Gasteiger partial charge in [0.15, 0.2) is 0 Å². The molecule has 1 aliphatic carbocycles. The third kappa shape index (κ3) is 2.19. The van der Waals surface area contributed by atoms with E-state index in [4.69, 9.17) is 11.6 Å². The van der Waals surface area contributed by atoms with Crippen LogP contribution in [0.25, 0.3) is 0 Å². The maximum Gasteiger partial charge on any atom is 0.240 e. The number of anilines is 1. The molecule has 2 fully saturated rings. The van der Waals surface area contributed by atoms with Crippen LogP contribution >= 0.6 is 27.5 Å². The summed E-state index contributed by atoms with van der Waals surface area (Å²) < 4.78 is 0.807. The summed E-state index contributed by atoms with van der Waals surface area (Å²) in [4.78, 5) is 26.4. The van der Waals surface area contributed by atoms with Crippen molar-refractivity contribution in [2.75, 3.05) is 4.90 Å². The Balaban J connectivity index is 2.00. The summed E-state index contributed by atoms with van der Waals surface area (Å²) in [7, 11) is 0. The molecule has 0 atom stereocenters. The Bertz CT molecular complexity index is 581. The van der Waals surface area contributed by atoms with Crippen molar-refractivity contribution in [3.8, 4) is 0 Å². The number of halogens is 2. The molecule has 1 saturated heterocycles. The highest BCUT2D eigenvalue weighted by molar-refractivity contribution is 9.10. The fourth-order valence-electron chi connectivity index (χ4n) is 3.31. The van der Waals surface area contributed by atoms with Crippen molar-refractivity contribution in [3.63, 3.8) is 0 Å². The molecule has 1 aromatic rings. The third-order valence-electron chi connectivity index (χ3n) is 4.36. The van der Waals surface area contributed by atoms with Crippen molar-refractivity contribution < 1.29 is 9.59 Å². The van der Waals surface area contributed by atoms with Crippen molar-refractivity contribution in [2.24, 2.45) is 5.41 Å². The standard InChI is InChI=1S/C15H15BrClNO2/c16-10-4-5-11(17)12(8-10)18-13(19)9-15(14(18)20)6-2-1-3-7-15/h4-5,8H,1-3,6-7,9H2. The average molecular weight is 357 g/mol. The highest BCUT2D eigenvalue weighted by Crippen LogP contribution is 2.47. The third-order valence-corrected chi connectivity index (χ3v) is 5.17. The first-order valence-electron chi connectivity index (χ1n) is 6.86. The van der Waals surface area contributed by atoms with E-state index in [0.29, 0.717) is 17.1 Å². The zero-order valence-corrected chi connectivity index (χ0v) is 13.3. The van der Waals surface area contributed by atoms with Gasteiger partial charge in [-0.2, -0.15) is 0 Å². The molecule has 2 aliphatic rings. The van der Waals surface area contributed by atoms with Gasteiger partial charge in [-0.05, 0) is 31.0 Å². The van der Waals surface area contributed by atoms with Crippen LogP contribution in [-0.4, -0.2) is 11.8 Å². The van der Waals surface area contributed by atoms with E-state index in [2.05, 4.69) is 15.9 Å². The molecule has 3 nitrogen and oxygen atoms in total. The Morgan fingerprint density at radius 2 is 1.85 bits per heavy atom. The smallest absolute Gasteiger partial charge is 0.240 e. The molecule has 1 heterocycles. The van der Waals surface area contributed by atoms with Crippen molar-refractivity contribution in [1.29, 1.82) is 0 Å². The number of amides is 2. The van der Waals surface area contributed by atoms with E-state index in [9.17, 15) is 9.59 Å². The molecule has 1 spiro atoms. The molecule has 1 aliphatic heterocycles. The molecule has 0 aromatic heterocycles. The van der Waals surface area contributed by atoms with E-state index >= 15 is 0 Å². The van der Waals surface area contributed by atoms with Crippen LogP contribution in [0.3, 0.4) is 0 Å². The number of carbonyl (C=O) groups excluding carboxylic acids is 2. The van der Waals surface area contributed by atoms with E-state index in [-0.39, 0.29) is 11.8 Å². The van der Waals surface area contributed by atoms with Crippen LogP contribution in [0.4, 0.5) is 5.69 Å². The molecule has 20 heavy (non-hydrogen) atoms. The fourth-order valence-corrected chi connectivity index (χ4v) is 3.87. The Hall–Kier alpha value is -0.870. The van der Waals surface area contributed by atoms with Crippen molar-refractivity contribution in [3.05, 3.63) is 27.7 Å². The largest absolute Gasteiger partial charge is 0.274 e. The second-order valence-electron chi connectivity index (χ2n) is 5.65. The number of nitrogens with zero attached hydrogens (tertiary/aromatic N) is 1. The van der Waals surface area contributed by atoms with Crippen LogP contribution < -0.4 is 4.90 Å². The van der Waals surface area contributed by atoms with Gasteiger partial charge in [-0.25, -0.2) is 4.90 Å². The predicted octanol–water partition coefficient (Wildman–Crippen LogP) is 4.32. The van der Waals surface area contributed by atoms with Gasteiger partial charge in [0, 0.05) is 10.9 Å². The molecule has 5 heteroatoms. The van der Waals surface area contributed by atoms with Gasteiger partial charge in [-0.15, -0.1) is 0 Å². The lowest BCUT2D eigenvalue weighted by atomic mass is 9.73. The molecular formula is C15H15BrClNO2. The van der Waals surface area contributed by atoms with E-state index < -0.39 is 5.41 Å².